The van der Waals surface area contributed by atoms with E-state index in [4.69, 9.17) is 0 Å². The van der Waals surface area contributed by atoms with Crippen LogP contribution in [0.1, 0.15) is 32.3 Å². The highest BCUT2D eigenvalue weighted by atomic mass is 16.3. The molecule has 1 aromatic heterocycles. The highest BCUT2D eigenvalue weighted by molar-refractivity contribution is 5.84. The second kappa shape index (κ2) is 6.13. The van der Waals surface area contributed by atoms with Gasteiger partial charge in [0.2, 0.25) is 0 Å². The summed E-state index contributed by atoms with van der Waals surface area (Å²) in [5, 5.41) is 15.9. The molecule has 0 bridgehead atoms. The van der Waals surface area contributed by atoms with Crippen molar-refractivity contribution in [1.29, 1.82) is 0 Å². The Hall–Kier alpha value is -1.45. The average Bonchev–Trinajstić information content (AvgIpc) is 2.39. The van der Waals surface area contributed by atoms with Crippen LogP contribution < -0.4 is 5.32 Å². The molecule has 2 N–H and O–H groups in total. The summed E-state index contributed by atoms with van der Waals surface area (Å²) in [6, 6.07) is 8.27. The number of hydrogen-bond acceptors (Lipinski definition) is 3. The molecule has 0 aliphatic rings. The SMILES string of the molecule is CCCC(C)(O)CNCc1cccc2cnccc12. The number of aliphatic hydroxyl groups is 1. The lowest BCUT2D eigenvalue weighted by Gasteiger charge is -2.23. The van der Waals surface area contributed by atoms with E-state index in [2.05, 4.69) is 29.4 Å². The first-order chi connectivity index (χ1) is 9.12. The minimum absolute atomic E-state index is 0.613. The Kier molecular flexibility index (Phi) is 4.51. The minimum atomic E-state index is -0.624. The van der Waals surface area contributed by atoms with Gasteiger partial charge in [0.1, 0.15) is 0 Å². The second-order valence-electron chi connectivity index (χ2n) is 5.36. The van der Waals surface area contributed by atoms with Crippen LogP contribution in [-0.2, 0) is 6.54 Å². The number of rotatable bonds is 6. The first-order valence-electron chi connectivity index (χ1n) is 6.87. The number of nitrogens with one attached hydrogen (secondary N) is 1. The molecule has 3 nitrogen and oxygen atoms in total. The maximum absolute atomic E-state index is 10.1. The van der Waals surface area contributed by atoms with Gasteiger partial charge in [-0.05, 0) is 30.4 Å². The van der Waals surface area contributed by atoms with E-state index in [0.29, 0.717) is 6.54 Å². The smallest absolute Gasteiger partial charge is 0.0743 e. The molecule has 2 rings (SSSR count). The Balaban J connectivity index is 2.02. The third-order valence-corrected chi connectivity index (χ3v) is 3.38. The van der Waals surface area contributed by atoms with Crippen molar-refractivity contribution in [3.8, 4) is 0 Å². The van der Waals surface area contributed by atoms with Gasteiger partial charge >= 0.3 is 0 Å². The monoisotopic (exact) mass is 258 g/mol. The van der Waals surface area contributed by atoms with Gasteiger partial charge in [0.15, 0.2) is 0 Å². The van der Waals surface area contributed by atoms with Crippen molar-refractivity contribution in [2.75, 3.05) is 6.54 Å². The third kappa shape index (κ3) is 3.75. The zero-order valence-corrected chi connectivity index (χ0v) is 11.7. The summed E-state index contributed by atoms with van der Waals surface area (Å²) in [6.07, 6.45) is 5.51. The predicted octanol–water partition coefficient (Wildman–Crippen LogP) is 2.88. The minimum Gasteiger partial charge on any atom is -0.389 e. The van der Waals surface area contributed by atoms with Crippen LogP contribution in [-0.4, -0.2) is 22.2 Å². The average molecular weight is 258 g/mol. The molecular weight excluding hydrogens is 236 g/mol. The normalized spacial score (nSPS) is 14.5. The highest BCUT2D eigenvalue weighted by Crippen LogP contribution is 2.17. The number of pyridine rings is 1. The maximum Gasteiger partial charge on any atom is 0.0743 e. The topological polar surface area (TPSA) is 45.1 Å². The quantitative estimate of drug-likeness (QED) is 0.837. The molecule has 1 atom stereocenters. The molecule has 1 unspecified atom stereocenters. The first kappa shape index (κ1) is 14.0. The van der Waals surface area contributed by atoms with E-state index >= 15 is 0 Å². The Morgan fingerprint density at radius 1 is 1.32 bits per heavy atom. The van der Waals surface area contributed by atoms with E-state index in [1.807, 2.05) is 31.5 Å². The fourth-order valence-electron chi connectivity index (χ4n) is 2.44. The molecule has 0 aliphatic carbocycles. The third-order valence-electron chi connectivity index (χ3n) is 3.38. The van der Waals surface area contributed by atoms with E-state index < -0.39 is 5.60 Å². The van der Waals surface area contributed by atoms with Crippen LogP contribution in [0, 0.1) is 0 Å². The van der Waals surface area contributed by atoms with Gasteiger partial charge in [-0.15, -0.1) is 0 Å². The van der Waals surface area contributed by atoms with Crippen molar-refractivity contribution in [2.24, 2.45) is 0 Å². The fraction of sp³-hybridized carbons (Fsp3) is 0.438. The Labute approximate surface area is 114 Å². The van der Waals surface area contributed by atoms with Crippen LogP contribution in [0.25, 0.3) is 10.8 Å². The van der Waals surface area contributed by atoms with Crippen LogP contribution in [0.4, 0.5) is 0 Å². The van der Waals surface area contributed by atoms with Crippen LogP contribution in [0.5, 0.6) is 0 Å². The van der Waals surface area contributed by atoms with E-state index in [1.54, 1.807) is 0 Å². The fourth-order valence-corrected chi connectivity index (χ4v) is 2.44. The standard InChI is InChI=1S/C16H22N2O/c1-3-8-16(2,19)12-18-11-14-6-4-5-13-10-17-9-7-15(13)14/h4-7,9-10,18-19H,3,8,11-12H2,1-2H3. The molecule has 1 aromatic carbocycles. The van der Waals surface area contributed by atoms with Gasteiger partial charge in [0.25, 0.3) is 0 Å². The molecule has 0 aliphatic heterocycles. The Bertz CT molecular complexity index is 532. The van der Waals surface area contributed by atoms with Crippen molar-refractivity contribution in [1.82, 2.24) is 10.3 Å². The van der Waals surface area contributed by atoms with Gasteiger partial charge < -0.3 is 10.4 Å². The molecular formula is C16H22N2O. The second-order valence-corrected chi connectivity index (χ2v) is 5.36. The summed E-state index contributed by atoms with van der Waals surface area (Å²) in [7, 11) is 0. The molecule has 0 radical (unpaired) electrons. The zero-order valence-electron chi connectivity index (χ0n) is 11.7. The summed E-state index contributed by atoms with van der Waals surface area (Å²) in [5.74, 6) is 0. The summed E-state index contributed by atoms with van der Waals surface area (Å²) in [5.41, 5.74) is 0.619. The first-order valence-corrected chi connectivity index (χ1v) is 6.87. The van der Waals surface area contributed by atoms with Gasteiger partial charge in [-0.3, -0.25) is 4.98 Å². The van der Waals surface area contributed by atoms with Crippen LogP contribution in [0.15, 0.2) is 36.7 Å². The molecule has 0 spiro atoms. The van der Waals surface area contributed by atoms with Crippen molar-refractivity contribution in [3.63, 3.8) is 0 Å². The number of nitrogens with zero attached hydrogens (tertiary/aromatic N) is 1. The summed E-state index contributed by atoms with van der Waals surface area (Å²) in [4.78, 5) is 4.14. The molecule has 2 aromatic rings. The number of fused-ring (bicyclic) bond motifs is 1. The van der Waals surface area contributed by atoms with Crippen LogP contribution in [0.3, 0.4) is 0 Å². The highest BCUT2D eigenvalue weighted by Gasteiger charge is 2.18. The van der Waals surface area contributed by atoms with E-state index in [0.717, 1.165) is 24.8 Å². The lowest BCUT2D eigenvalue weighted by Crippen LogP contribution is -2.37. The molecule has 19 heavy (non-hydrogen) atoms. The number of hydrogen-bond donors (Lipinski definition) is 2. The summed E-state index contributed by atoms with van der Waals surface area (Å²) < 4.78 is 0. The van der Waals surface area contributed by atoms with Crippen molar-refractivity contribution in [2.45, 2.75) is 38.8 Å². The van der Waals surface area contributed by atoms with Gasteiger partial charge in [-0.1, -0.05) is 31.5 Å². The van der Waals surface area contributed by atoms with Gasteiger partial charge in [0, 0.05) is 30.9 Å². The van der Waals surface area contributed by atoms with E-state index in [1.165, 1.54) is 10.9 Å². The molecule has 0 saturated carbocycles. The Morgan fingerprint density at radius 3 is 2.95 bits per heavy atom. The van der Waals surface area contributed by atoms with Crippen LogP contribution in [0.2, 0.25) is 0 Å². The van der Waals surface area contributed by atoms with Gasteiger partial charge in [0.05, 0.1) is 5.60 Å². The zero-order chi connectivity index (χ0) is 13.7. The van der Waals surface area contributed by atoms with Crippen molar-refractivity contribution in [3.05, 3.63) is 42.2 Å². The van der Waals surface area contributed by atoms with E-state index in [9.17, 15) is 5.11 Å². The van der Waals surface area contributed by atoms with Gasteiger partial charge in [-0.25, -0.2) is 0 Å². The lowest BCUT2D eigenvalue weighted by atomic mass is 10.0. The van der Waals surface area contributed by atoms with Crippen molar-refractivity contribution >= 4 is 10.8 Å². The summed E-state index contributed by atoms with van der Waals surface area (Å²) in [6.45, 7) is 5.35. The van der Waals surface area contributed by atoms with E-state index in [-0.39, 0.29) is 0 Å². The molecule has 0 amide bonds. The number of benzene rings is 1. The largest absolute Gasteiger partial charge is 0.389 e. The summed E-state index contributed by atoms with van der Waals surface area (Å²) >= 11 is 0. The molecule has 3 heteroatoms. The van der Waals surface area contributed by atoms with Crippen molar-refractivity contribution < 1.29 is 5.11 Å². The molecule has 0 saturated heterocycles. The predicted molar refractivity (Wildman–Crippen MR) is 79.0 cm³/mol. The number of aromatic nitrogens is 1. The van der Waals surface area contributed by atoms with Crippen LogP contribution >= 0.6 is 0 Å². The Morgan fingerprint density at radius 2 is 2.16 bits per heavy atom. The molecule has 0 fully saturated rings. The lowest BCUT2D eigenvalue weighted by molar-refractivity contribution is 0.0498. The van der Waals surface area contributed by atoms with Gasteiger partial charge in [-0.2, -0.15) is 0 Å². The molecule has 102 valence electrons. The maximum atomic E-state index is 10.1. The molecule has 1 heterocycles.